The number of fused-ring (bicyclic) bond motifs is 1. The molecule has 2 aromatic rings. The van der Waals surface area contributed by atoms with Crippen LogP contribution in [0.25, 0.3) is 10.9 Å². The third kappa shape index (κ3) is 3.85. The van der Waals surface area contributed by atoms with Crippen molar-refractivity contribution < 1.29 is 4.79 Å². The molecule has 0 bridgehead atoms. The average molecular weight is 396 g/mol. The topological polar surface area (TPSA) is 72.5 Å². The summed E-state index contributed by atoms with van der Waals surface area (Å²) >= 11 is 0. The number of H-pyrrole nitrogens is 1. The average Bonchev–Trinajstić information content (AvgIpc) is 3.18. The molecule has 1 atom stereocenters. The van der Waals surface area contributed by atoms with Crippen LogP contribution in [0.4, 0.5) is 0 Å². The highest BCUT2D eigenvalue weighted by Gasteiger charge is 2.42. The molecule has 6 nitrogen and oxygen atoms in total. The minimum absolute atomic E-state index is 0.0653. The standard InChI is InChI=1S/C23H33N5O/c1-5-24-22(28-8-6-7-23(14-28)11-20(29)26-13-23)25-12-18-9-15(2)10-19-16(3)17(4)27-21(18)19/h9-10,27H,5-8,11-14H2,1-4H3,(H,24,25)(H,26,29). The van der Waals surface area contributed by atoms with E-state index in [1.54, 1.807) is 0 Å². The van der Waals surface area contributed by atoms with Gasteiger partial charge in [0.05, 0.1) is 12.1 Å². The number of benzene rings is 1. The number of aromatic amines is 1. The van der Waals surface area contributed by atoms with Crippen molar-refractivity contribution in [1.82, 2.24) is 20.5 Å². The van der Waals surface area contributed by atoms with E-state index in [-0.39, 0.29) is 11.3 Å². The van der Waals surface area contributed by atoms with Gasteiger partial charge in [-0.3, -0.25) is 4.79 Å². The first kappa shape index (κ1) is 19.8. The fraction of sp³-hybridized carbons (Fsp3) is 0.565. The predicted molar refractivity (Wildman–Crippen MR) is 118 cm³/mol. The summed E-state index contributed by atoms with van der Waals surface area (Å²) in [5.41, 5.74) is 6.30. The number of piperidine rings is 1. The zero-order valence-electron chi connectivity index (χ0n) is 18.1. The number of likely N-dealkylation sites (tertiary alicyclic amines) is 1. The number of carbonyl (C=O) groups is 1. The third-order valence-electron chi connectivity index (χ3n) is 6.53. The van der Waals surface area contributed by atoms with E-state index in [1.807, 2.05) is 0 Å². The Hall–Kier alpha value is -2.50. The predicted octanol–water partition coefficient (Wildman–Crippen LogP) is 3.16. The Morgan fingerprint density at radius 1 is 1.31 bits per heavy atom. The number of aromatic nitrogens is 1. The van der Waals surface area contributed by atoms with Crippen molar-refractivity contribution in [3.8, 4) is 0 Å². The first-order chi connectivity index (χ1) is 13.9. The third-order valence-corrected chi connectivity index (χ3v) is 6.53. The minimum atomic E-state index is 0.0653. The number of nitrogens with one attached hydrogen (secondary N) is 3. The van der Waals surface area contributed by atoms with Gasteiger partial charge in [0, 0.05) is 49.1 Å². The Labute approximate surface area is 173 Å². The Bertz CT molecular complexity index is 960. The summed E-state index contributed by atoms with van der Waals surface area (Å²) in [6.45, 7) is 12.7. The van der Waals surface area contributed by atoms with Gasteiger partial charge in [0.15, 0.2) is 5.96 Å². The largest absolute Gasteiger partial charge is 0.358 e. The van der Waals surface area contributed by atoms with Crippen LogP contribution in [0.3, 0.4) is 0 Å². The lowest BCUT2D eigenvalue weighted by atomic mass is 9.79. The van der Waals surface area contributed by atoms with Gasteiger partial charge in [0.2, 0.25) is 5.91 Å². The van der Waals surface area contributed by atoms with Gasteiger partial charge in [0.1, 0.15) is 0 Å². The van der Waals surface area contributed by atoms with Crippen LogP contribution in [0.1, 0.15) is 48.6 Å². The minimum Gasteiger partial charge on any atom is -0.358 e. The van der Waals surface area contributed by atoms with E-state index in [0.29, 0.717) is 13.0 Å². The van der Waals surface area contributed by atoms with Gasteiger partial charge in [-0.25, -0.2) is 4.99 Å². The molecular formula is C23H33N5O. The van der Waals surface area contributed by atoms with E-state index >= 15 is 0 Å². The second kappa shape index (κ2) is 7.73. The molecule has 2 aliphatic rings. The Morgan fingerprint density at radius 2 is 2.14 bits per heavy atom. The van der Waals surface area contributed by atoms with E-state index in [4.69, 9.17) is 4.99 Å². The highest BCUT2D eigenvalue weighted by molar-refractivity contribution is 5.88. The first-order valence-corrected chi connectivity index (χ1v) is 10.8. The maximum atomic E-state index is 11.8. The van der Waals surface area contributed by atoms with E-state index in [2.05, 4.69) is 60.3 Å². The number of nitrogens with zero attached hydrogens (tertiary/aromatic N) is 2. The van der Waals surface area contributed by atoms with Crippen LogP contribution in [0.5, 0.6) is 0 Å². The molecule has 1 aromatic heterocycles. The summed E-state index contributed by atoms with van der Waals surface area (Å²) in [5.74, 6) is 1.15. The van der Waals surface area contributed by atoms with Crippen LogP contribution in [-0.4, -0.2) is 47.9 Å². The van der Waals surface area contributed by atoms with Gasteiger partial charge in [0.25, 0.3) is 0 Å². The van der Waals surface area contributed by atoms with Gasteiger partial charge < -0.3 is 20.5 Å². The van der Waals surface area contributed by atoms with Gasteiger partial charge in [-0.05, 0) is 57.7 Å². The summed E-state index contributed by atoms with van der Waals surface area (Å²) in [5, 5.41) is 7.81. The molecular weight excluding hydrogens is 362 g/mol. The fourth-order valence-corrected chi connectivity index (χ4v) is 4.93. The lowest BCUT2D eigenvalue weighted by molar-refractivity contribution is -0.119. The lowest BCUT2D eigenvalue weighted by Gasteiger charge is -2.40. The van der Waals surface area contributed by atoms with Crippen molar-refractivity contribution in [2.45, 2.75) is 53.5 Å². The summed E-state index contributed by atoms with van der Waals surface area (Å²) in [7, 11) is 0. The molecule has 2 saturated heterocycles. The summed E-state index contributed by atoms with van der Waals surface area (Å²) < 4.78 is 0. The summed E-state index contributed by atoms with van der Waals surface area (Å²) in [4.78, 5) is 22.8. The normalized spacial score (nSPS) is 22.6. The SMILES string of the molecule is CCNC(=NCc1cc(C)cc2c(C)c(C)[nH]c12)N1CCCC2(CNC(=O)C2)C1. The molecule has 1 spiro atoms. The Morgan fingerprint density at radius 3 is 2.86 bits per heavy atom. The Kier molecular flexibility index (Phi) is 5.28. The highest BCUT2D eigenvalue weighted by Crippen LogP contribution is 2.36. The number of rotatable bonds is 3. The number of aryl methyl sites for hydroxylation is 3. The van der Waals surface area contributed by atoms with E-state index in [0.717, 1.165) is 45.0 Å². The van der Waals surface area contributed by atoms with Gasteiger partial charge in [-0.15, -0.1) is 0 Å². The van der Waals surface area contributed by atoms with Crippen LogP contribution in [0.2, 0.25) is 0 Å². The molecule has 0 aliphatic carbocycles. The molecule has 0 radical (unpaired) electrons. The maximum absolute atomic E-state index is 11.8. The molecule has 3 N–H and O–H groups in total. The second-order valence-corrected chi connectivity index (χ2v) is 8.87. The molecule has 2 aliphatic heterocycles. The molecule has 4 rings (SSSR count). The van der Waals surface area contributed by atoms with Crippen LogP contribution in [0.15, 0.2) is 17.1 Å². The number of hydrogen-bond donors (Lipinski definition) is 3. The van der Waals surface area contributed by atoms with Crippen LogP contribution < -0.4 is 10.6 Å². The molecule has 2 fully saturated rings. The van der Waals surface area contributed by atoms with Gasteiger partial charge in [-0.1, -0.05) is 11.6 Å². The lowest BCUT2D eigenvalue weighted by Crippen LogP contribution is -2.51. The molecule has 1 amide bonds. The zero-order chi connectivity index (χ0) is 20.6. The van der Waals surface area contributed by atoms with Crippen molar-refractivity contribution in [3.05, 3.63) is 34.5 Å². The number of amides is 1. The van der Waals surface area contributed by atoms with E-state index in [9.17, 15) is 4.79 Å². The van der Waals surface area contributed by atoms with Crippen molar-refractivity contribution >= 4 is 22.8 Å². The number of hydrogen-bond acceptors (Lipinski definition) is 2. The van der Waals surface area contributed by atoms with Crippen LogP contribution >= 0.6 is 0 Å². The van der Waals surface area contributed by atoms with Crippen molar-refractivity contribution in [1.29, 1.82) is 0 Å². The van der Waals surface area contributed by atoms with Crippen LogP contribution in [0, 0.1) is 26.2 Å². The van der Waals surface area contributed by atoms with E-state index < -0.39 is 0 Å². The second-order valence-electron chi connectivity index (χ2n) is 8.87. The Balaban J connectivity index is 1.60. The van der Waals surface area contributed by atoms with Gasteiger partial charge >= 0.3 is 0 Å². The fourth-order valence-electron chi connectivity index (χ4n) is 4.93. The molecule has 1 unspecified atom stereocenters. The molecule has 156 valence electrons. The van der Waals surface area contributed by atoms with Crippen molar-refractivity contribution in [2.24, 2.45) is 10.4 Å². The smallest absolute Gasteiger partial charge is 0.220 e. The number of guanidine groups is 1. The molecule has 6 heteroatoms. The molecule has 1 aromatic carbocycles. The highest BCUT2D eigenvalue weighted by atomic mass is 16.1. The van der Waals surface area contributed by atoms with Gasteiger partial charge in [-0.2, -0.15) is 0 Å². The first-order valence-electron chi connectivity index (χ1n) is 10.8. The molecule has 0 saturated carbocycles. The quantitative estimate of drug-likeness (QED) is 0.552. The zero-order valence-corrected chi connectivity index (χ0v) is 18.1. The summed E-state index contributed by atoms with van der Waals surface area (Å²) in [6.07, 6.45) is 2.85. The number of aliphatic imine (C=N–C) groups is 1. The molecule has 29 heavy (non-hydrogen) atoms. The molecule has 3 heterocycles. The van der Waals surface area contributed by atoms with E-state index in [1.165, 1.54) is 33.3 Å². The van der Waals surface area contributed by atoms with Crippen molar-refractivity contribution in [2.75, 3.05) is 26.2 Å². The number of carbonyl (C=O) groups excluding carboxylic acids is 1. The maximum Gasteiger partial charge on any atom is 0.220 e. The van der Waals surface area contributed by atoms with Crippen molar-refractivity contribution in [3.63, 3.8) is 0 Å². The summed E-state index contributed by atoms with van der Waals surface area (Å²) in [6, 6.07) is 4.49. The van der Waals surface area contributed by atoms with Crippen LogP contribution in [-0.2, 0) is 11.3 Å². The monoisotopic (exact) mass is 395 g/mol.